The van der Waals surface area contributed by atoms with Crippen LogP contribution in [0.3, 0.4) is 0 Å². The van der Waals surface area contributed by atoms with Crippen LogP contribution in [0.2, 0.25) is 0 Å². The average Bonchev–Trinajstić information content (AvgIpc) is 2.68. The number of nitrogens with zero attached hydrogens (tertiary/aromatic N) is 1. The molecular formula is C14H18FNO2. The molecule has 0 bridgehead atoms. The molecule has 98 valence electrons. The number of halogens is 1. The second-order valence-electron chi connectivity index (χ2n) is 5.05. The molecule has 0 amide bonds. The minimum atomic E-state index is -0.785. The fourth-order valence-electron chi connectivity index (χ4n) is 2.68. The van der Waals surface area contributed by atoms with Crippen molar-refractivity contribution in [2.24, 2.45) is 5.92 Å². The number of carbonyl (C=O) groups is 1. The Bertz CT molecular complexity index is 436. The van der Waals surface area contributed by atoms with Crippen LogP contribution in [0.15, 0.2) is 24.3 Å². The molecule has 0 spiro atoms. The number of benzene rings is 1. The van der Waals surface area contributed by atoms with Crippen LogP contribution in [-0.2, 0) is 4.79 Å². The van der Waals surface area contributed by atoms with Gasteiger partial charge in [0.2, 0.25) is 0 Å². The molecule has 0 radical (unpaired) electrons. The van der Waals surface area contributed by atoms with Crippen LogP contribution in [0.1, 0.15) is 31.4 Å². The SMILES string of the molecule is CC1CC(c2cccc(F)c2)N(CCC(=O)O)C1. The Morgan fingerprint density at radius 3 is 3.00 bits per heavy atom. The normalized spacial score (nSPS) is 24.3. The van der Waals surface area contributed by atoms with Crippen LogP contribution in [0.5, 0.6) is 0 Å². The van der Waals surface area contributed by atoms with E-state index in [0.717, 1.165) is 18.5 Å². The Balaban J connectivity index is 2.11. The van der Waals surface area contributed by atoms with E-state index in [2.05, 4.69) is 11.8 Å². The van der Waals surface area contributed by atoms with Crippen LogP contribution in [0.25, 0.3) is 0 Å². The minimum absolute atomic E-state index is 0.137. The quantitative estimate of drug-likeness (QED) is 0.894. The topological polar surface area (TPSA) is 40.5 Å². The zero-order chi connectivity index (χ0) is 13.1. The largest absolute Gasteiger partial charge is 0.481 e. The number of carboxylic acids is 1. The van der Waals surface area contributed by atoms with E-state index in [1.165, 1.54) is 6.07 Å². The van der Waals surface area contributed by atoms with Gasteiger partial charge in [0.25, 0.3) is 0 Å². The van der Waals surface area contributed by atoms with Gasteiger partial charge in [0.15, 0.2) is 0 Å². The molecular weight excluding hydrogens is 233 g/mol. The smallest absolute Gasteiger partial charge is 0.304 e. The van der Waals surface area contributed by atoms with E-state index in [1.807, 2.05) is 6.07 Å². The lowest BCUT2D eigenvalue weighted by atomic mass is 10.0. The maximum absolute atomic E-state index is 13.2. The van der Waals surface area contributed by atoms with Crippen molar-refractivity contribution < 1.29 is 14.3 Å². The molecule has 1 N–H and O–H groups in total. The zero-order valence-corrected chi connectivity index (χ0v) is 10.5. The van der Waals surface area contributed by atoms with Gasteiger partial charge in [0.05, 0.1) is 6.42 Å². The van der Waals surface area contributed by atoms with Crippen molar-refractivity contribution in [1.29, 1.82) is 0 Å². The summed E-state index contributed by atoms with van der Waals surface area (Å²) in [5.74, 6) is -0.496. The van der Waals surface area contributed by atoms with Gasteiger partial charge >= 0.3 is 5.97 Å². The number of hydrogen-bond acceptors (Lipinski definition) is 2. The first-order valence-corrected chi connectivity index (χ1v) is 6.27. The van der Waals surface area contributed by atoms with Crippen molar-refractivity contribution in [2.45, 2.75) is 25.8 Å². The summed E-state index contributed by atoms with van der Waals surface area (Å²) in [6, 6.07) is 6.76. The summed E-state index contributed by atoms with van der Waals surface area (Å²) in [4.78, 5) is 12.8. The fraction of sp³-hybridized carbons (Fsp3) is 0.500. The van der Waals surface area contributed by atoms with Crippen molar-refractivity contribution in [3.8, 4) is 0 Å². The molecule has 0 aromatic heterocycles. The van der Waals surface area contributed by atoms with Gasteiger partial charge in [-0.15, -0.1) is 0 Å². The molecule has 4 heteroatoms. The summed E-state index contributed by atoms with van der Waals surface area (Å²) in [5, 5.41) is 8.75. The van der Waals surface area contributed by atoms with Gasteiger partial charge in [-0.3, -0.25) is 9.69 Å². The molecule has 18 heavy (non-hydrogen) atoms. The molecule has 1 saturated heterocycles. The summed E-state index contributed by atoms with van der Waals surface area (Å²) < 4.78 is 13.2. The molecule has 1 aromatic carbocycles. The standard InChI is InChI=1S/C14H18FNO2/c1-10-7-13(11-3-2-4-12(15)8-11)16(9-10)6-5-14(17)18/h2-4,8,10,13H,5-7,9H2,1H3,(H,17,18). The van der Waals surface area contributed by atoms with Crippen LogP contribution in [0, 0.1) is 11.7 Å². The summed E-state index contributed by atoms with van der Waals surface area (Å²) in [5.41, 5.74) is 0.949. The van der Waals surface area contributed by atoms with Crippen molar-refractivity contribution >= 4 is 5.97 Å². The molecule has 2 rings (SSSR count). The highest BCUT2D eigenvalue weighted by molar-refractivity contribution is 5.66. The molecule has 2 atom stereocenters. The summed E-state index contributed by atoms with van der Waals surface area (Å²) in [7, 11) is 0. The van der Waals surface area contributed by atoms with Gasteiger partial charge < -0.3 is 5.11 Å². The molecule has 1 aliphatic heterocycles. The van der Waals surface area contributed by atoms with Gasteiger partial charge in [-0.25, -0.2) is 4.39 Å². The molecule has 1 aliphatic rings. The number of hydrogen-bond donors (Lipinski definition) is 1. The summed E-state index contributed by atoms with van der Waals surface area (Å²) in [6.07, 6.45) is 1.10. The van der Waals surface area contributed by atoms with Gasteiger partial charge in [0.1, 0.15) is 5.82 Å². The van der Waals surface area contributed by atoms with Crippen molar-refractivity contribution in [1.82, 2.24) is 4.90 Å². The Labute approximate surface area is 106 Å². The second kappa shape index (κ2) is 5.48. The molecule has 0 saturated carbocycles. The number of carboxylic acid groups (broad SMARTS) is 1. The minimum Gasteiger partial charge on any atom is -0.481 e. The molecule has 1 fully saturated rings. The predicted molar refractivity (Wildman–Crippen MR) is 66.7 cm³/mol. The van der Waals surface area contributed by atoms with Crippen LogP contribution >= 0.6 is 0 Å². The summed E-state index contributed by atoms with van der Waals surface area (Å²) in [6.45, 7) is 3.56. The van der Waals surface area contributed by atoms with Gasteiger partial charge in [-0.2, -0.15) is 0 Å². The Morgan fingerprint density at radius 1 is 1.56 bits per heavy atom. The first-order valence-electron chi connectivity index (χ1n) is 6.27. The van der Waals surface area contributed by atoms with Crippen LogP contribution in [-0.4, -0.2) is 29.1 Å². The van der Waals surface area contributed by atoms with Gasteiger partial charge in [-0.1, -0.05) is 19.1 Å². The van der Waals surface area contributed by atoms with E-state index in [9.17, 15) is 9.18 Å². The predicted octanol–water partition coefficient (Wildman–Crippen LogP) is 2.68. The monoisotopic (exact) mass is 251 g/mol. The number of aliphatic carboxylic acids is 1. The van der Waals surface area contributed by atoms with Crippen molar-refractivity contribution in [3.05, 3.63) is 35.6 Å². The maximum atomic E-state index is 13.2. The highest BCUT2D eigenvalue weighted by Gasteiger charge is 2.30. The molecule has 0 aliphatic carbocycles. The summed E-state index contributed by atoms with van der Waals surface area (Å²) >= 11 is 0. The maximum Gasteiger partial charge on any atom is 0.304 e. The molecule has 3 nitrogen and oxygen atoms in total. The second-order valence-corrected chi connectivity index (χ2v) is 5.05. The average molecular weight is 251 g/mol. The highest BCUT2D eigenvalue weighted by atomic mass is 19.1. The van der Waals surface area contributed by atoms with E-state index >= 15 is 0 Å². The molecule has 1 aromatic rings. The highest BCUT2D eigenvalue weighted by Crippen LogP contribution is 2.35. The number of rotatable bonds is 4. The van der Waals surface area contributed by atoms with E-state index in [0.29, 0.717) is 12.5 Å². The Hall–Kier alpha value is -1.42. The van der Waals surface area contributed by atoms with Gasteiger partial charge in [0, 0.05) is 19.1 Å². The Kier molecular flexibility index (Phi) is 3.97. The lowest BCUT2D eigenvalue weighted by molar-refractivity contribution is -0.137. The van der Waals surface area contributed by atoms with E-state index < -0.39 is 5.97 Å². The van der Waals surface area contributed by atoms with Crippen molar-refractivity contribution in [2.75, 3.05) is 13.1 Å². The third kappa shape index (κ3) is 3.07. The molecule has 2 unspecified atom stereocenters. The van der Waals surface area contributed by atoms with Crippen LogP contribution < -0.4 is 0 Å². The third-order valence-corrected chi connectivity index (χ3v) is 3.46. The molecule has 1 heterocycles. The van der Waals surface area contributed by atoms with Gasteiger partial charge in [-0.05, 0) is 30.0 Å². The van der Waals surface area contributed by atoms with E-state index in [1.54, 1.807) is 12.1 Å². The Morgan fingerprint density at radius 2 is 2.33 bits per heavy atom. The first-order chi connectivity index (χ1) is 8.56. The lowest BCUT2D eigenvalue weighted by Gasteiger charge is -2.24. The zero-order valence-electron chi connectivity index (χ0n) is 10.5. The van der Waals surface area contributed by atoms with Crippen LogP contribution in [0.4, 0.5) is 4.39 Å². The fourth-order valence-corrected chi connectivity index (χ4v) is 2.68. The first kappa shape index (κ1) is 13.0. The van der Waals surface area contributed by atoms with E-state index in [4.69, 9.17) is 5.11 Å². The lowest BCUT2D eigenvalue weighted by Crippen LogP contribution is -2.26. The third-order valence-electron chi connectivity index (χ3n) is 3.46. The van der Waals surface area contributed by atoms with Crippen molar-refractivity contribution in [3.63, 3.8) is 0 Å². The number of likely N-dealkylation sites (tertiary alicyclic amines) is 1. The van der Waals surface area contributed by atoms with E-state index in [-0.39, 0.29) is 18.3 Å².